The molecule has 0 atom stereocenters. The SMILES string of the molecule is CCOC(=O)c1ccc(NCc2cc(Br)c(OCC)c(OC)c2)cc1. The van der Waals surface area contributed by atoms with E-state index in [0.29, 0.717) is 36.8 Å². The van der Waals surface area contributed by atoms with E-state index in [2.05, 4.69) is 21.2 Å². The average Bonchev–Trinajstić information content (AvgIpc) is 2.62. The number of ether oxygens (including phenoxy) is 3. The first kappa shape index (κ1) is 19.1. The Bertz CT molecular complexity index is 716. The highest BCUT2D eigenvalue weighted by atomic mass is 79.9. The Kier molecular flexibility index (Phi) is 7.13. The van der Waals surface area contributed by atoms with Gasteiger partial charge in [0.15, 0.2) is 11.5 Å². The number of esters is 1. The fourth-order valence-electron chi connectivity index (χ4n) is 2.30. The number of rotatable bonds is 8. The summed E-state index contributed by atoms with van der Waals surface area (Å²) < 4.78 is 16.8. The number of hydrogen-bond acceptors (Lipinski definition) is 5. The van der Waals surface area contributed by atoms with Crippen LogP contribution in [0.15, 0.2) is 40.9 Å². The van der Waals surface area contributed by atoms with Crippen molar-refractivity contribution < 1.29 is 19.0 Å². The van der Waals surface area contributed by atoms with Gasteiger partial charge >= 0.3 is 5.97 Å². The van der Waals surface area contributed by atoms with Gasteiger partial charge in [-0.15, -0.1) is 0 Å². The third-order valence-electron chi connectivity index (χ3n) is 3.47. The maximum atomic E-state index is 11.7. The van der Waals surface area contributed by atoms with Crippen LogP contribution in [0.1, 0.15) is 29.8 Å². The molecule has 5 nitrogen and oxygen atoms in total. The lowest BCUT2D eigenvalue weighted by Crippen LogP contribution is -2.05. The Labute approximate surface area is 156 Å². The van der Waals surface area contributed by atoms with Crippen LogP contribution in [0.3, 0.4) is 0 Å². The van der Waals surface area contributed by atoms with Crippen LogP contribution in [0.5, 0.6) is 11.5 Å². The molecule has 1 N–H and O–H groups in total. The van der Waals surface area contributed by atoms with Crippen LogP contribution in [-0.4, -0.2) is 26.3 Å². The summed E-state index contributed by atoms with van der Waals surface area (Å²) in [5.74, 6) is 1.08. The minimum Gasteiger partial charge on any atom is -0.493 e. The molecule has 0 fully saturated rings. The molecule has 0 spiro atoms. The predicted molar refractivity (Wildman–Crippen MR) is 102 cm³/mol. The molecule has 6 heteroatoms. The Morgan fingerprint density at radius 3 is 2.44 bits per heavy atom. The quantitative estimate of drug-likeness (QED) is 0.645. The molecule has 0 bridgehead atoms. The first-order chi connectivity index (χ1) is 12.1. The van der Waals surface area contributed by atoms with Gasteiger partial charge in [-0.3, -0.25) is 0 Å². The minimum atomic E-state index is -0.311. The van der Waals surface area contributed by atoms with Crippen molar-refractivity contribution in [2.45, 2.75) is 20.4 Å². The van der Waals surface area contributed by atoms with Crippen molar-refractivity contribution >= 4 is 27.6 Å². The van der Waals surface area contributed by atoms with Gasteiger partial charge < -0.3 is 19.5 Å². The summed E-state index contributed by atoms with van der Waals surface area (Å²) in [5.41, 5.74) is 2.50. The molecule has 0 saturated heterocycles. The van der Waals surface area contributed by atoms with Crippen molar-refractivity contribution in [1.29, 1.82) is 0 Å². The Morgan fingerprint density at radius 2 is 1.84 bits per heavy atom. The highest BCUT2D eigenvalue weighted by molar-refractivity contribution is 9.10. The first-order valence-electron chi connectivity index (χ1n) is 8.09. The second-order valence-corrected chi connectivity index (χ2v) is 6.05. The second-order valence-electron chi connectivity index (χ2n) is 5.19. The molecule has 0 heterocycles. The Hall–Kier alpha value is -2.21. The summed E-state index contributed by atoms with van der Waals surface area (Å²) in [6, 6.07) is 11.1. The van der Waals surface area contributed by atoms with E-state index in [0.717, 1.165) is 15.7 Å². The first-order valence-corrected chi connectivity index (χ1v) is 8.88. The van der Waals surface area contributed by atoms with Gasteiger partial charge in [0, 0.05) is 12.2 Å². The van der Waals surface area contributed by atoms with E-state index in [4.69, 9.17) is 14.2 Å². The smallest absolute Gasteiger partial charge is 0.338 e. The molecule has 0 aromatic heterocycles. The maximum Gasteiger partial charge on any atom is 0.338 e. The molecule has 25 heavy (non-hydrogen) atoms. The molecule has 2 rings (SSSR count). The normalized spacial score (nSPS) is 10.2. The molecule has 0 aliphatic rings. The molecule has 2 aromatic rings. The third kappa shape index (κ3) is 5.13. The van der Waals surface area contributed by atoms with Crippen LogP contribution in [0, 0.1) is 0 Å². The van der Waals surface area contributed by atoms with Gasteiger partial charge in [0.1, 0.15) is 0 Å². The van der Waals surface area contributed by atoms with E-state index >= 15 is 0 Å². The molecule has 134 valence electrons. The van der Waals surface area contributed by atoms with E-state index in [1.54, 1.807) is 26.2 Å². The molecular weight excluding hydrogens is 386 g/mol. The summed E-state index contributed by atoms with van der Waals surface area (Å²) in [4.78, 5) is 11.7. The molecule has 0 saturated carbocycles. The lowest BCUT2D eigenvalue weighted by molar-refractivity contribution is 0.0526. The van der Waals surface area contributed by atoms with Crippen molar-refractivity contribution in [3.8, 4) is 11.5 Å². The number of benzene rings is 2. The van der Waals surface area contributed by atoms with Crippen LogP contribution in [0.25, 0.3) is 0 Å². The number of hydrogen-bond donors (Lipinski definition) is 1. The fraction of sp³-hybridized carbons (Fsp3) is 0.316. The van der Waals surface area contributed by atoms with E-state index in [-0.39, 0.29) is 5.97 Å². The largest absolute Gasteiger partial charge is 0.493 e. The predicted octanol–water partition coefficient (Wildman–Crippen LogP) is 4.65. The maximum absolute atomic E-state index is 11.7. The minimum absolute atomic E-state index is 0.311. The van der Waals surface area contributed by atoms with Crippen LogP contribution >= 0.6 is 15.9 Å². The standard InChI is InChI=1S/C19H22BrNO4/c1-4-24-18-16(20)10-13(11-17(18)23-3)12-21-15-8-6-14(7-9-15)19(22)25-5-2/h6-11,21H,4-5,12H2,1-3H3. The average molecular weight is 408 g/mol. The Balaban J connectivity index is 2.06. The zero-order chi connectivity index (χ0) is 18.2. The molecule has 0 aliphatic carbocycles. The lowest BCUT2D eigenvalue weighted by atomic mass is 10.1. The van der Waals surface area contributed by atoms with Gasteiger partial charge in [-0.25, -0.2) is 4.79 Å². The number of carbonyl (C=O) groups excluding carboxylic acids is 1. The fourth-order valence-corrected chi connectivity index (χ4v) is 2.91. The number of nitrogens with one attached hydrogen (secondary N) is 1. The van der Waals surface area contributed by atoms with E-state index < -0.39 is 0 Å². The molecule has 0 amide bonds. The van der Waals surface area contributed by atoms with Crippen LogP contribution in [0.2, 0.25) is 0 Å². The second kappa shape index (κ2) is 9.32. The van der Waals surface area contributed by atoms with Crippen molar-refractivity contribution in [3.05, 3.63) is 52.0 Å². The summed E-state index contributed by atoms with van der Waals surface area (Å²) in [6.45, 7) is 5.27. The monoisotopic (exact) mass is 407 g/mol. The van der Waals surface area contributed by atoms with Crippen LogP contribution in [-0.2, 0) is 11.3 Å². The summed E-state index contributed by atoms with van der Waals surface area (Å²) in [7, 11) is 1.62. The highest BCUT2D eigenvalue weighted by Gasteiger charge is 2.11. The molecule has 0 aliphatic heterocycles. The van der Waals surface area contributed by atoms with Gasteiger partial charge in [-0.2, -0.15) is 0 Å². The van der Waals surface area contributed by atoms with Gasteiger partial charge in [-0.1, -0.05) is 0 Å². The number of methoxy groups -OCH3 is 1. The zero-order valence-corrected chi connectivity index (χ0v) is 16.2. The van der Waals surface area contributed by atoms with Crippen LogP contribution < -0.4 is 14.8 Å². The van der Waals surface area contributed by atoms with Crippen molar-refractivity contribution in [3.63, 3.8) is 0 Å². The van der Waals surface area contributed by atoms with Crippen molar-refractivity contribution in [2.24, 2.45) is 0 Å². The van der Waals surface area contributed by atoms with E-state index in [1.807, 2.05) is 31.2 Å². The van der Waals surface area contributed by atoms with Crippen molar-refractivity contribution in [2.75, 3.05) is 25.6 Å². The molecule has 0 radical (unpaired) electrons. The number of anilines is 1. The Morgan fingerprint density at radius 1 is 1.12 bits per heavy atom. The van der Waals surface area contributed by atoms with E-state index in [1.165, 1.54) is 0 Å². The third-order valence-corrected chi connectivity index (χ3v) is 4.06. The molecule has 2 aromatic carbocycles. The summed E-state index contributed by atoms with van der Waals surface area (Å²) in [5, 5.41) is 3.32. The highest BCUT2D eigenvalue weighted by Crippen LogP contribution is 2.36. The summed E-state index contributed by atoms with van der Waals surface area (Å²) in [6.07, 6.45) is 0. The van der Waals surface area contributed by atoms with E-state index in [9.17, 15) is 4.79 Å². The summed E-state index contributed by atoms with van der Waals surface area (Å²) >= 11 is 3.52. The topological polar surface area (TPSA) is 56.8 Å². The zero-order valence-electron chi connectivity index (χ0n) is 14.6. The van der Waals surface area contributed by atoms with Crippen LogP contribution in [0.4, 0.5) is 5.69 Å². The van der Waals surface area contributed by atoms with Gasteiger partial charge in [0.25, 0.3) is 0 Å². The molecular formula is C19H22BrNO4. The molecule has 0 unspecified atom stereocenters. The van der Waals surface area contributed by atoms with Gasteiger partial charge in [-0.05, 0) is 71.7 Å². The van der Waals surface area contributed by atoms with Gasteiger partial charge in [0.2, 0.25) is 0 Å². The van der Waals surface area contributed by atoms with Crippen molar-refractivity contribution in [1.82, 2.24) is 0 Å². The number of halogens is 1. The number of carbonyl (C=O) groups is 1. The lowest BCUT2D eigenvalue weighted by Gasteiger charge is -2.14. The van der Waals surface area contributed by atoms with Gasteiger partial charge in [0.05, 0.1) is 30.4 Å².